The lowest BCUT2D eigenvalue weighted by Crippen LogP contribution is -2.43. The number of piperidine rings is 1. The molecule has 2 aliphatic rings. The summed E-state index contributed by atoms with van der Waals surface area (Å²) < 4.78 is 5.60. The van der Waals surface area contributed by atoms with Crippen LogP contribution in [0.1, 0.15) is 51.9 Å². The van der Waals surface area contributed by atoms with E-state index in [1.165, 1.54) is 19.3 Å². The number of carbonyl (C=O) groups excluding carboxylic acids is 1. The van der Waals surface area contributed by atoms with Crippen LogP contribution in [-0.2, 0) is 9.53 Å². The monoisotopic (exact) mass is 225 g/mol. The molecule has 16 heavy (non-hydrogen) atoms. The Morgan fingerprint density at radius 3 is 2.75 bits per heavy atom. The zero-order chi connectivity index (χ0) is 11.4. The molecule has 1 aliphatic carbocycles. The molecule has 2 rings (SSSR count). The number of ether oxygens (including phenoxy) is 1. The number of hydrogen-bond acceptors (Lipinski definition) is 3. The highest BCUT2D eigenvalue weighted by Crippen LogP contribution is 2.26. The van der Waals surface area contributed by atoms with Gasteiger partial charge in [-0.2, -0.15) is 0 Å². The summed E-state index contributed by atoms with van der Waals surface area (Å²) in [6.07, 6.45) is 8.06. The molecule has 1 aliphatic heterocycles. The van der Waals surface area contributed by atoms with Crippen molar-refractivity contribution >= 4 is 5.97 Å². The molecule has 0 aromatic rings. The van der Waals surface area contributed by atoms with Gasteiger partial charge in [0.25, 0.3) is 0 Å². The van der Waals surface area contributed by atoms with Gasteiger partial charge >= 0.3 is 5.97 Å². The van der Waals surface area contributed by atoms with Crippen molar-refractivity contribution in [3.05, 3.63) is 0 Å². The molecule has 92 valence electrons. The average molecular weight is 225 g/mol. The lowest BCUT2D eigenvalue weighted by Gasteiger charge is -2.29. The predicted molar refractivity (Wildman–Crippen MR) is 63.2 cm³/mol. The Morgan fingerprint density at radius 1 is 1.19 bits per heavy atom. The molecular weight excluding hydrogens is 202 g/mol. The Morgan fingerprint density at radius 2 is 2.06 bits per heavy atom. The van der Waals surface area contributed by atoms with Gasteiger partial charge in [-0.05, 0) is 44.6 Å². The van der Waals surface area contributed by atoms with Gasteiger partial charge in [0.05, 0.1) is 0 Å². The van der Waals surface area contributed by atoms with Crippen LogP contribution in [-0.4, -0.2) is 24.7 Å². The van der Waals surface area contributed by atoms with E-state index in [1.54, 1.807) is 0 Å². The van der Waals surface area contributed by atoms with E-state index in [0.717, 1.165) is 32.2 Å². The summed E-state index contributed by atoms with van der Waals surface area (Å²) in [6.45, 7) is 3.21. The van der Waals surface area contributed by atoms with Gasteiger partial charge in [-0.3, -0.25) is 4.79 Å². The molecule has 0 amide bonds. The van der Waals surface area contributed by atoms with Crippen molar-refractivity contribution in [2.45, 2.75) is 64.0 Å². The number of nitrogens with one attached hydrogen (secondary N) is 1. The summed E-state index contributed by atoms with van der Waals surface area (Å²) in [6, 6.07) is -0.0361. The number of carbonyl (C=O) groups is 1. The van der Waals surface area contributed by atoms with Gasteiger partial charge < -0.3 is 10.1 Å². The first-order chi connectivity index (χ1) is 7.75. The SMILES string of the molecule is CC1CCCC(OC(=O)[C@@H]2CCCCN2)C1. The normalized spacial score (nSPS) is 35.7. The summed E-state index contributed by atoms with van der Waals surface area (Å²) in [5.74, 6) is 0.699. The van der Waals surface area contributed by atoms with Crippen LogP contribution in [0.3, 0.4) is 0 Å². The van der Waals surface area contributed by atoms with Crippen LogP contribution in [0.5, 0.6) is 0 Å². The maximum atomic E-state index is 11.9. The largest absolute Gasteiger partial charge is 0.461 e. The van der Waals surface area contributed by atoms with E-state index < -0.39 is 0 Å². The molecule has 0 aromatic carbocycles. The molecule has 1 heterocycles. The zero-order valence-corrected chi connectivity index (χ0v) is 10.2. The Balaban J connectivity index is 1.77. The fourth-order valence-corrected chi connectivity index (χ4v) is 2.78. The van der Waals surface area contributed by atoms with Crippen LogP contribution >= 0.6 is 0 Å². The summed E-state index contributed by atoms with van der Waals surface area (Å²) in [5.41, 5.74) is 0. The van der Waals surface area contributed by atoms with Crippen molar-refractivity contribution in [1.82, 2.24) is 5.32 Å². The van der Waals surface area contributed by atoms with Crippen LogP contribution in [0.4, 0.5) is 0 Å². The molecule has 0 bridgehead atoms. The average Bonchev–Trinajstić information content (AvgIpc) is 2.30. The molecule has 1 saturated carbocycles. The summed E-state index contributed by atoms with van der Waals surface area (Å²) in [7, 11) is 0. The van der Waals surface area contributed by atoms with E-state index in [4.69, 9.17) is 4.74 Å². The number of hydrogen-bond donors (Lipinski definition) is 1. The maximum Gasteiger partial charge on any atom is 0.323 e. The Kier molecular flexibility index (Phi) is 4.22. The van der Waals surface area contributed by atoms with Gasteiger partial charge in [0.2, 0.25) is 0 Å². The van der Waals surface area contributed by atoms with Crippen molar-refractivity contribution in [2.75, 3.05) is 6.54 Å². The summed E-state index contributed by atoms with van der Waals surface area (Å²) >= 11 is 0. The maximum absolute atomic E-state index is 11.9. The Bertz CT molecular complexity index is 236. The predicted octanol–water partition coefficient (Wildman–Crippen LogP) is 2.25. The van der Waals surface area contributed by atoms with Crippen LogP contribution in [0.15, 0.2) is 0 Å². The van der Waals surface area contributed by atoms with Crippen LogP contribution in [0.25, 0.3) is 0 Å². The summed E-state index contributed by atoms with van der Waals surface area (Å²) in [4.78, 5) is 11.9. The third-order valence-electron chi connectivity index (χ3n) is 3.77. The van der Waals surface area contributed by atoms with Gasteiger partial charge in [0.1, 0.15) is 12.1 Å². The van der Waals surface area contributed by atoms with E-state index in [-0.39, 0.29) is 18.1 Å². The lowest BCUT2D eigenvalue weighted by atomic mass is 9.88. The smallest absolute Gasteiger partial charge is 0.323 e. The first-order valence-electron chi connectivity index (χ1n) is 6.69. The molecule has 0 radical (unpaired) electrons. The minimum Gasteiger partial charge on any atom is -0.461 e. The summed E-state index contributed by atoms with van der Waals surface area (Å²) in [5, 5.41) is 3.25. The van der Waals surface area contributed by atoms with Crippen molar-refractivity contribution in [3.63, 3.8) is 0 Å². The van der Waals surface area contributed by atoms with Crippen LogP contribution < -0.4 is 5.32 Å². The molecule has 1 N–H and O–H groups in total. The quantitative estimate of drug-likeness (QED) is 0.733. The third kappa shape index (κ3) is 3.21. The minimum absolute atomic E-state index is 0.0150. The highest BCUT2D eigenvalue weighted by Gasteiger charge is 2.27. The lowest BCUT2D eigenvalue weighted by molar-refractivity contribution is -0.154. The molecule has 2 unspecified atom stereocenters. The highest BCUT2D eigenvalue weighted by molar-refractivity contribution is 5.76. The second kappa shape index (κ2) is 5.67. The second-order valence-corrected chi connectivity index (χ2v) is 5.33. The van der Waals surface area contributed by atoms with Crippen LogP contribution in [0, 0.1) is 5.92 Å². The van der Waals surface area contributed by atoms with Gasteiger partial charge in [-0.15, -0.1) is 0 Å². The van der Waals surface area contributed by atoms with E-state index in [0.29, 0.717) is 5.92 Å². The van der Waals surface area contributed by atoms with Gasteiger partial charge in [0, 0.05) is 0 Å². The first-order valence-corrected chi connectivity index (χ1v) is 6.69. The third-order valence-corrected chi connectivity index (χ3v) is 3.77. The van der Waals surface area contributed by atoms with Crippen molar-refractivity contribution in [3.8, 4) is 0 Å². The molecule has 3 nitrogen and oxygen atoms in total. The van der Waals surface area contributed by atoms with Crippen molar-refractivity contribution in [1.29, 1.82) is 0 Å². The molecule has 0 aromatic heterocycles. The van der Waals surface area contributed by atoms with E-state index in [1.807, 2.05) is 0 Å². The molecule has 1 saturated heterocycles. The zero-order valence-electron chi connectivity index (χ0n) is 10.2. The van der Waals surface area contributed by atoms with E-state index >= 15 is 0 Å². The fraction of sp³-hybridized carbons (Fsp3) is 0.923. The number of esters is 1. The Labute approximate surface area is 97.9 Å². The van der Waals surface area contributed by atoms with E-state index in [2.05, 4.69) is 12.2 Å². The van der Waals surface area contributed by atoms with Crippen molar-refractivity contribution < 1.29 is 9.53 Å². The highest BCUT2D eigenvalue weighted by atomic mass is 16.5. The fourth-order valence-electron chi connectivity index (χ4n) is 2.78. The Hall–Kier alpha value is -0.570. The van der Waals surface area contributed by atoms with Crippen molar-refractivity contribution in [2.24, 2.45) is 5.92 Å². The molecule has 3 heteroatoms. The minimum atomic E-state index is -0.0361. The van der Waals surface area contributed by atoms with Gasteiger partial charge in [-0.25, -0.2) is 0 Å². The van der Waals surface area contributed by atoms with E-state index in [9.17, 15) is 4.79 Å². The second-order valence-electron chi connectivity index (χ2n) is 5.33. The molecule has 2 fully saturated rings. The molecule has 0 spiro atoms. The first kappa shape index (κ1) is 11.9. The molecular formula is C13H23NO2. The standard InChI is InChI=1S/C13H23NO2/c1-10-5-4-6-11(9-10)16-13(15)12-7-2-3-8-14-12/h10-12,14H,2-9H2,1H3/t10?,11?,12-/m0/s1. The van der Waals surface area contributed by atoms with Crippen LogP contribution in [0.2, 0.25) is 0 Å². The van der Waals surface area contributed by atoms with Gasteiger partial charge in [0.15, 0.2) is 0 Å². The molecule has 3 atom stereocenters. The number of rotatable bonds is 2. The van der Waals surface area contributed by atoms with Gasteiger partial charge in [-0.1, -0.05) is 19.8 Å². The topological polar surface area (TPSA) is 38.3 Å².